The summed E-state index contributed by atoms with van der Waals surface area (Å²) in [5.41, 5.74) is 1.56. The minimum atomic E-state index is -0.185. The molecule has 3 heterocycles. The number of para-hydroxylation sites is 2. The number of benzene rings is 1. The van der Waals surface area contributed by atoms with Gasteiger partial charge in [0.15, 0.2) is 11.5 Å². The van der Waals surface area contributed by atoms with Crippen LogP contribution in [-0.4, -0.2) is 30.1 Å². The number of fused-ring (bicyclic) bond motifs is 2. The fourth-order valence-electron chi connectivity index (χ4n) is 2.44. The quantitative estimate of drug-likeness (QED) is 0.781. The zero-order chi connectivity index (χ0) is 14.9. The van der Waals surface area contributed by atoms with E-state index in [4.69, 9.17) is 9.47 Å². The Morgan fingerprint density at radius 3 is 3.05 bits per heavy atom. The van der Waals surface area contributed by atoms with E-state index >= 15 is 0 Å². The molecule has 0 spiro atoms. The average Bonchev–Trinajstić information content (AvgIpc) is 3.14. The molecule has 4 rings (SSSR count). The molecule has 3 aromatic rings. The largest absolute Gasteiger partial charge is 0.486 e. The summed E-state index contributed by atoms with van der Waals surface area (Å²) in [6.45, 7) is 0.830. The van der Waals surface area contributed by atoms with Crippen molar-refractivity contribution in [2.24, 2.45) is 0 Å². The van der Waals surface area contributed by atoms with E-state index in [1.54, 1.807) is 11.3 Å². The third kappa shape index (κ3) is 2.42. The predicted octanol–water partition coefficient (Wildman–Crippen LogP) is 2.80. The van der Waals surface area contributed by atoms with Gasteiger partial charge in [-0.1, -0.05) is 12.1 Å². The van der Waals surface area contributed by atoms with E-state index < -0.39 is 0 Å². The highest BCUT2D eigenvalue weighted by atomic mass is 32.1. The zero-order valence-corrected chi connectivity index (χ0v) is 12.5. The fraction of sp³-hybridized carbons (Fsp3) is 0.188. The number of hydrogen-bond donors (Lipinski definition) is 2. The Bertz CT molecular complexity index is 795. The summed E-state index contributed by atoms with van der Waals surface area (Å²) < 4.78 is 12.5. The molecule has 1 amide bonds. The number of thiophene rings is 1. The lowest BCUT2D eigenvalue weighted by atomic mass is 10.2. The van der Waals surface area contributed by atoms with Crippen LogP contribution in [0.2, 0.25) is 0 Å². The molecular weight excluding hydrogens is 300 g/mol. The first-order valence-electron chi connectivity index (χ1n) is 7.02. The smallest absolute Gasteiger partial charge is 0.267 e. The van der Waals surface area contributed by atoms with Crippen LogP contribution in [0.4, 0.5) is 0 Å². The van der Waals surface area contributed by atoms with Gasteiger partial charge in [0.2, 0.25) is 0 Å². The number of nitrogens with one attached hydrogen (secondary N) is 2. The number of H-pyrrole nitrogens is 1. The number of rotatable bonds is 3. The van der Waals surface area contributed by atoms with Crippen molar-refractivity contribution in [2.45, 2.75) is 6.10 Å². The van der Waals surface area contributed by atoms with Crippen LogP contribution in [0, 0.1) is 0 Å². The molecule has 0 fully saturated rings. The van der Waals surface area contributed by atoms with Crippen LogP contribution < -0.4 is 14.8 Å². The lowest BCUT2D eigenvalue weighted by molar-refractivity contribution is 0.0787. The molecule has 22 heavy (non-hydrogen) atoms. The summed E-state index contributed by atoms with van der Waals surface area (Å²) in [4.78, 5) is 15.3. The number of carbonyl (C=O) groups excluding carboxylic acids is 1. The molecule has 1 aromatic carbocycles. The number of amides is 1. The molecule has 112 valence electrons. The second-order valence-electron chi connectivity index (χ2n) is 5.09. The maximum atomic E-state index is 12.2. The van der Waals surface area contributed by atoms with Gasteiger partial charge >= 0.3 is 0 Å². The van der Waals surface area contributed by atoms with Crippen molar-refractivity contribution < 1.29 is 14.3 Å². The van der Waals surface area contributed by atoms with Crippen LogP contribution in [-0.2, 0) is 0 Å². The molecule has 1 aliphatic heterocycles. The van der Waals surface area contributed by atoms with Crippen LogP contribution in [0.25, 0.3) is 10.2 Å². The van der Waals surface area contributed by atoms with E-state index in [0.717, 1.165) is 16.0 Å². The molecule has 1 atom stereocenters. The van der Waals surface area contributed by atoms with Crippen LogP contribution in [0.3, 0.4) is 0 Å². The highest BCUT2D eigenvalue weighted by Crippen LogP contribution is 2.30. The average molecular weight is 314 g/mol. The van der Waals surface area contributed by atoms with E-state index in [0.29, 0.717) is 24.6 Å². The molecule has 0 saturated carbocycles. The van der Waals surface area contributed by atoms with E-state index in [9.17, 15) is 4.79 Å². The van der Waals surface area contributed by atoms with E-state index in [1.807, 2.05) is 41.8 Å². The van der Waals surface area contributed by atoms with Crippen LogP contribution in [0.1, 0.15) is 10.5 Å². The Morgan fingerprint density at radius 2 is 2.18 bits per heavy atom. The highest BCUT2D eigenvalue weighted by Gasteiger charge is 2.21. The maximum absolute atomic E-state index is 12.2. The summed E-state index contributed by atoms with van der Waals surface area (Å²) in [7, 11) is 0. The standard InChI is InChI=1S/C16H14N2O3S/c19-16(12-7-15-11(18-12)5-6-22-15)17-8-10-9-20-13-3-1-2-4-14(13)21-10/h1-7,10,18H,8-9H2,(H,17,19). The Morgan fingerprint density at radius 1 is 1.32 bits per heavy atom. The molecule has 0 bridgehead atoms. The monoisotopic (exact) mass is 314 g/mol. The van der Waals surface area contributed by atoms with Gasteiger partial charge in [-0.25, -0.2) is 0 Å². The highest BCUT2D eigenvalue weighted by molar-refractivity contribution is 7.17. The predicted molar refractivity (Wildman–Crippen MR) is 84.9 cm³/mol. The van der Waals surface area contributed by atoms with Crippen LogP contribution >= 0.6 is 11.3 Å². The molecule has 5 nitrogen and oxygen atoms in total. The van der Waals surface area contributed by atoms with Gasteiger partial charge in [-0.3, -0.25) is 4.79 Å². The van der Waals surface area contributed by atoms with Gasteiger partial charge in [-0.15, -0.1) is 11.3 Å². The van der Waals surface area contributed by atoms with Gasteiger partial charge in [0.25, 0.3) is 5.91 Å². The number of aromatic nitrogens is 1. The third-order valence-corrected chi connectivity index (χ3v) is 4.41. The van der Waals surface area contributed by atoms with Crippen LogP contribution in [0.5, 0.6) is 11.5 Å². The molecular formula is C16H14N2O3S. The summed E-state index contributed by atoms with van der Waals surface area (Å²) >= 11 is 1.61. The summed E-state index contributed by atoms with van der Waals surface area (Å²) in [5, 5.41) is 4.87. The number of carbonyl (C=O) groups is 1. The van der Waals surface area contributed by atoms with E-state index in [1.165, 1.54) is 0 Å². The fourth-order valence-corrected chi connectivity index (χ4v) is 3.22. The van der Waals surface area contributed by atoms with Gasteiger partial charge < -0.3 is 19.8 Å². The van der Waals surface area contributed by atoms with Crippen molar-refractivity contribution in [2.75, 3.05) is 13.2 Å². The normalized spacial score (nSPS) is 16.6. The number of aromatic amines is 1. The maximum Gasteiger partial charge on any atom is 0.267 e. The summed E-state index contributed by atoms with van der Waals surface area (Å²) in [5.74, 6) is 1.33. The van der Waals surface area contributed by atoms with Gasteiger partial charge in [-0.05, 0) is 29.6 Å². The van der Waals surface area contributed by atoms with Crippen molar-refractivity contribution in [3.8, 4) is 11.5 Å². The lowest BCUT2D eigenvalue weighted by Crippen LogP contribution is -2.40. The minimum absolute atomic E-state index is 0.133. The first-order chi connectivity index (χ1) is 10.8. The molecule has 6 heteroatoms. The van der Waals surface area contributed by atoms with Gasteiger partial charge in [0.1, 0.15) is 18.4 Å². The number of hydrogen-bond acceptors (Lipinski definition) is 4. The Kier molecular flexibility index (Phi) is 3.23. The molecule has 2 N–H and O–H groups in total. The zero-order valence-electron chi connectivity index (χ0n) is 11.7. The molecule has 0 radical (unpaired) electrons. The first kappa shape index (κ1) is 13.2. The van der Waals surface area contributed by atoms with Crippen molar-refractivity contribution in [3.63, 3.8) is 0 Å². The van der Waals surface area contributed by atoms with Crippen LogP contribution in [0.15, 0.2) is 41.8 Å². The summed E-state index contributed by atoms with van der Waals surface area (Å²) in [6.07, 6.45) is -0.185. The van der Waals surface area contributed by atoms with Gasteiger partial charge in [0.05, 0.1) is 16.8 Å². The van der Waals surface area contributed by atoms with Crippen molar-refractivity contribution >= 4 is 27.5 Å². The lowest BCUT2D eigenvalue weighted by Gasteiger charge is -2.26. The molecule has 2 aromatic heterocycles. The van der Waals surface area contributed by atoms with Crippen molar-refractivity contribution in [1.29, 1.82) is 0 Å². The summed E-state index contributed by atoms with van der Waals surface area (Å²) in [6, 6.07) is 11.4. The number of ether oxygens (including phenoxy) is 2. The molecule has 0 aliphatic carbocycles. The van der Waals surface area contributed by atoms with Gasteiger partial charge in [0, 0.05) is 0 Å². The second kappa shape index (κ2) is 5.38. The van der Waals surface area contributed by atoms with Crippen molar-refractivity contribution in [3.05, 3.63) is 47.5 Å². The topological polar surface area (TPSA) is 63.4 Å². The van der Waals surface area contributed by atoms with E-state index in [-0.39, 0.29) is 12.0 Å². The third-order valence-electron chi connectivity index (χ3n) is 3.54. The first-order valence-corrected chi connectivity index (χ1v) is 7.90. The molecule has 1 unspecified atom stereocenters. The molecule has 0 saturated heterocycles. The van der Waals surface area contributed by atoms with Gasteiger partial charge in [-0.2, -0.15) is 0 Å². The SMILES string of the molecule is O=C(NCC1COc2ccccc2O1)c1cc2sccc2[nH]1. The van der Waals surface area contributed by atoms with Crippen molar-refractivity contribution in [1.82, 2.24) is 10.3 Å². The van der Waals surface area contributed by atoms with E-state index in [2.05, 4.69) is 10.3 Å². The minimum Gasteiger partial charge on any atom is -0.486 e. The molecule has 1 aliphatic rings. The Hall–Kier alpha value is -2.47. The Balaban J connectivity index is 1.39. The Labute approximate surface area is 130 Å². The second-order valence-corrected chi connectivity index (χ2v) is 6.04.